The van der Waals surface area contributed by atoms with Crippen LogP contribution in [0.1, 0.15) is 19.3 Å². The maximum absolute atomic E-state index is 11.2. The molecule has 8 heteroatoms. The zero-order valence-electron chi connectivity index (χ0n) is 9.33. The molecule has 1 fully saturated rings. The molecule has 0 amide bonds. The minimum absolute atomic E-state index is 0. The maximum atomic E-state index is 11.2. The molecular formula is C9H17Cl2N5O. The van der Waals surface area contributed by atoms with Crippen LogP contribution in [0.5, 0.6) is 0 Å². The molecule has 6 nitrogen and oxygen atoms in total. The van der Waals surface area contributed by atoms with Gasteiger partial charge in [-0.3, -0.25) is 0 Å². The van der Waals surface area contributed by atoms with E-state index in [0.717, 1.165) is 25.9 Å². The number of piperidine rings is 1. The fourth-order valence-corrected chi connectivity index (χ4v) is 1.80. The van der Waals surface area contributed by atoms with Crippen molar-refractivity contribution in [3.05, 3.63) is 11.3 Å². The third kappa shape index (κ3) is 3.41. The Hall–Kier alpha value is -1.14. The molecule has 2 heterocycles. The number of halogens is 2. The van der Waals surface area contributed by atoms with Crippen molar-refractivity contribution >= 4 is 42.4 Å². The van der Waals surface area contributed by atoms with Gasteiger partial charge in [0.25, 0.3) is 0 Å². The average Bonchev–Trinajstić information content (AvgIpc) is 2.26. The highest BCUT2D eigenvalue weighted by atomic mass is 35.5. The largest absolute Gasteiger partial charge is 0.754 e. The number of rotatable bonds is 1. The quantitative estimate of drug-likeness (QED) is 0.584. The van der Waals surface area contributed by atoms with Gasteiger partial charge in [-0.15, -0.1) is 24.8 Å². The summed E-state index contributed by atoms with van der Waals surface area (Å²) in [5.74, 6) is 0.718. The number of anilines is 3. The fraction of sp³-hybridized carbons (Fsp3) is 0.556. The van der Waals surface area contributed by atoms with Gasteiger partial charge in [-0.25, -0.2) is 4.73 Å². The standard InChI is InChI=1S/C9H15N5O.2ClH/c10-7-6-8(12-9(11)14(7)15)13-4-2-1-3-5-13;;/h6H,1-5,10H2,(H2,11,12);2*1H. The molecule has 0 atom stereocenters. The number of nitrogen functional groups attached to an aromatic ring is 2. The van der Waals surface area contributed by atoms with Gasteiger partial charge in [-0.05, 0) is 19.3 Å². The first-order valence-corrected chi connectivity index (χ1v) is 5.09. The van der Waals surface area contributed by atoms with Crippen molar-refractivity contribution < 1.29 is 4.73 Å². The van der Waals surface area contributed by atoms with Crippen LogP contribution in [0.15, 0.2) is 6.07 Å². The summed E-state index contributed by atoms with van der Waals surface area (Å²) in [7, 11) is 0. The lowest BCUT2D eigenvalue weighted by molar-refractivity contribution is -0.576. The van der Waals surface area contributed by atoms with Gasteiger partial charge >= 0.3 is 5.95 Å². The van der Waals surface area contributed by atoms with E-state index in [0.29, 0.717) is 10.5 Å². The molecule has 98 valence electrons. The molecule has 4 N–H and O–H groups in total. The molecule has 1 aromatic heterocycles. The van der Waals surface area contributed by atoms with Crippen LogP contribution in [0, 0.1) is 5.21 Å². The molecule has 17 heavy (non-hydrogen) atoms. The van der Waals surface area contributed by atoms with Crippen molar-refractivity contribution in [3.63, 3.8) is 0 Å². The monoisotopic (exact) mass is 281 g/mol. The molecular weight excluding hydrogens is 265 g/mol. The second-order valence-corrected chi connectivity index (χ2v) is 3.74. The third-order valence-corrected chi connectivity index (χ3v) is 2.63. The Labute approximate surface area is 112 Å². The summed E-state index contributed by atoms with van der Waals surface area (Å²) < 4.78 is 0.438. The molecule has 0 spiro atoms. The van der Waals surface area contributed by atoms with E-state index in [1.807, 2.05) is 0 Å². The van der Waals surface area contributed by atoms with Gasteiger partial charge in [-0.1, -0.05) is 4.98 Å². The molecule has 1 aliphatic rings. The van der Waals surface area contributed by atoms with E-state index in [-0.39, 0.29) is 36.6 Å². The Morgan fingerprint density at radius 3 is 2.29 bits per heavy atom. The molecule has 1 aliphatic heterocycles. The van der Waals surface area contributed by atoms with Gasteiger partial charge in [0.2, 0.25) is 0 Å². The van der Waals surface area contributed by atoms with E-state index in [2.05, 4.69) is 9.88 Å². The van der Waals surface area contributed by atoms with E-state index in [1.54, 1.807) is 6.07 Å². The molecule has 1 aromatic rings. The molecule has 2 rings (SSSR count). The van der Waals surface area contributed by atoms with Crippen molar-refractivity contribution in [3.8, 4) is 0 Å². The van der Waals surface area contributed by atoms with Gasteiger partial charge in [0.1, 0.15) is 0 Å². The van der Waals surface area contributed by atoms with Gasteiger partial charge in [0.15, 0.2) is 11.6 Å². The fourth-order valence-electron chi connectivity index (χ4n) is 1.80. The van der Waals surface area contributed by atoms with Gasteiger partial charge < -0.3 is 21.6 Å². The molecule has 0 unspecified atom stereocenters. The first-order valence-electron chi connectivity index (χ1n) is 5.09. The van der Waals surface area contributed by atoms with E-state index in [9.17, 15) is 5.21 Å². The summed E-state index contributed by atoms with van der Waals surface area (Å²) in [6.45, 7) is 1.91. The highest BCUT2D eigenvalue weighted by molar-refractivity contribution is 5.85. The first-order chi connectivity index (χ1) is 7.18. The smallest absolute Gasteiger partial charge is 0.346 e. The maximum Gasteiger partial charge on any atom is 0.346 e. The van der Waals surface area contributed by atoms with Gasteiger partial charge in [0.05, 0.1) is 6.07 Å². The first kappa shape index (κ1) is 15.9. The highest BCUT2D eigenvalue weighted by Gasteiger charge is 2.16. The topological polar surface area (TPSA) is 95.1 Å². The molecule has 0 bridgehead atoms. The second kappa shape index (κ2) is 6.56. The zero-order chi connectivity index (χ0) is 10.8. The molecule has 0 aliphatic carbocycles. The number of nitrogens with zero attached hydrogens (tertiary/aromatic N) is 3. The molecule has 0 aromatic carbocycles. The van der Waals surface area contributed by atoms with Crippen molar-refractivity contribution in [2.24, 2.45) is 0 Å². The normalized spacial score (nSPS) is 14.7. The van der Waals surface area contributed by atoms with E-state index >= 15 is 0 Å². The second-order valence-electron chi connectivity index (χ2n) is 3.74. The lowest BCUT2D eigenvalue weighted by Gasteiger charge is -2.26. The minimum atomic E-state index is -0.0874. The van der Waals surface area contributed by atoms with Crippen molar-refractivity contribution in [2.45, 2.75) is 19.3 Å². The number of aromatic nitrogens is 2. The number of nitrogens with two attached hydrogens (primary N) is 2. The third-order valence-electron chi connectivity index (χ3n) is 2.63. The predicted molar refractivity (Wildman–Crippen MR) is 72.6 cm³/mol. The SMILES string of the molecule is Cl.Cl.Nc1cc(N2CCCCC2)nc(N)[n+]1[O-]. The van der Waals surface area contributed by atoms with E-state index in [1.165, 1.54) is 6.42 Å². The predicted octanol–water partition coefficient (Wildman–Crippen LogP) is 0.713. The lowest BCUT2D eigenvalue weighted by Crippen LogP contribution is -2.38. The van der Waals surface area contributed by atoms with Crippen LogP contribution in [0.2, 0.25) is 0 Å². The number of hydrogen-bond donors (Lipinski definition) is 2. The van der Waals surface area contributed by atoms with Crippen LogP contribution >= 0.6 is 24.8 Å². The van der Waals surface area contributed by atoms with Crippen LogP contribution in [0.25, 0.3) is 0 Å². The van der Waals surface area contributed by atoms with Crippen LogP contribution < -0.4 is 21.1 Å². The minimum Gasteiger partial charge on any atom is -0.754 e. The van der Waals surface area contributed by atoms with Crippen LogP contribution in [-0.2, 0) is 0 Å². The molecule has 0 radical (unpaired) electrons. The highest BCUT2D eigenvalue weighted by Crippen LogP contribution is 2.18. The van der Waals surface area contributed by atoms with Crippen LogP contribution in [0.3, 0.4) is 0 Å². The van der Waals surface area contributed by atoms with E-state index < -0.39 is 0 Å². The van der Waals surface area contributed by atoms with Crippen LogP contribution in [0.4, 0.5) is 17.6 Å². The van der Waals surface area contributed by atoms with Crippen molar-refractivity contribution in [2.75, 3.05) is 29.5 Å². The lowest BCUT2D eigenvalue weighted by atomic mass is 10.1. The Morgan fingerprint density at radius 2 is 1.76 bits per heavy atom. The zero-order valence-corrected chi connectivity index (χ0v) is 11.0. The summed E-state index contributed by atoms with van der Waals surface area (Å²) in [5, 5.41) is 11.2. The summed E-state index contributed by atoms with van der Waals surface area (Å²) >= 11 is 0. The molecule has 1 saturated heterocycles. The summed E-state index contributed by atoms with van der Waals surface area (Å²) in [5.41, 5.74) is 11.0. The Morgan fingerprint density at radius 1 is 1.18 bits per heavy atom. The van der Waals surface area contributed by atoms with E-state index in [4.69, 9.17) is 11.5 Å². The Bertz CT molecular complexity index is 347. The van der Waals surface area contributed by atoms with Gasteiger partial charge in [0, 0.05) is 13.1 Å². The van der Waals surface area contributed by atoms with Gasteiger partial charge in [-0.2, -0.15) is 0 Å². The van der Waals surface area contributed by atoms with Crippen molar-refractivity contribution in [1.29, 1.82) is 0 Å². The summed E-state index contributed by atoms with van der Waals surface area (Å²) in [6, 6.07) is 1.58. The average molecular weight is 282 g/mol. The molecule has 0 saturated carbocycles. The Kier molecular flexibility index (Phi) is 6.12. The summed E-state index contributed by atoms with van der Waals surface area (Å²) in [6.07, 6.45) is 3.54. The van der Waals surface area contributed by atoms with Crippen molar-refractivity contribution in [1.82, 2.24) is 4.98 Å². The van der Waals surface area contributed by atoms with Crippen LogP contribution in [-0.4, -0.2) is 18.1 Å². The summed E-state index contributed by atoms with van der Waals surface area (Å²) in [4.78, 5) is 6.14. The number of hydrogen-bond acceptors (Lipinski definition) is 5. The Balaban J connectivity index is 0.00000128.